The van der Waals surface area contributed by atoms with Crippen LogP contribution in [0.15, 0.2) is 48.8 Å². The molecule has 3 aromatic rings. The van der Waals surface area contributed by atoms with Crippen LogP contribution in [0.4, 0.5) is 10.1 Å². The lowest BCUT2D eigenvalue weighted by molar-refractivity contribution is -0.120. The average Bonchev–Trinajstić information content (AvgIpc) is 3.71. The number of aromatic nitrogens is 2. The van der Waals surface area contributed by atoms with E-state index in [0.717, 1.165) is 29.7 Å². The summed E-state index contributed by atoms with van der Waals surface area (Å²) in [6, 6.07) is 10.4. The van der Waals surface area contributed by atoms with Gasteiger partial charge in [0.25, 0.3) is 0 Å². The summed E-state index contributed by atoms with van der Waals surface area (Å²) in [6.45, 7) is 2.03. The Kier molecular flexibility index (Phi) is 4.63. The molecule has 1 amide bonds. The molecule has 3 aliphatic carbocycles. The first-order chi connectivity index (χ1) is 15.6. The highest BCUT2D eigenvalue weighted by Crippen LogP contribution is 2.61. The van der Waals surface area contributed by atoms with E-state index < -0.39 is 0 Å². The van der Waals surface area contributed by atoms with Crippen molar-refractivity contribution < 1.29 is 13.9 Å². The number of anilines is 1. The van der Waals surface area contributed by atoms with Gasteiger partial charge >= 0.3 is 0 Å². The molecule has 3 saturated carbocycles. The van der Waals surface area contributed by atoms with E-state index in [1.807, 2.05) is 25.1 Å². The Hall–Kier alpha value is -3.02. The van der Waals surface area contributed by atoms with Gasteiger partial charge in [-0.05, 0) is 79.8 Å². The molecule has 32 heavy (non-hydrogen) atoms. The largest absolute Gasteiger partial charge is 0.490 e. The minimum atomic E-state index is -0.290. The van der Waals surface area contributed by atoms with E-state index >= 15 is 0 Å². The van der Waals surface area contributed by atoms with Crippen molar-refractivity contribution >= 4 is 22.5 Å². The van der Waals surface area contributed by atoms with Crippen molar-refractivity contribution in [1.29, 1.82) is 0 Å². The topological polar surface area (TPSA) is 64.1 Å². The lowest BCUT2D eigenvalue weighted by Crippen LogP contribution is -2.25. The molecule has 0 aliphatic heterocycles. The van der Waals surface area contributed by atoms with Crippen LogP contribution < -0.4 is 10.1 Å². The summed E-state index contributed by atoms with van der Waals surface area (Å²) in [5, 5.41) is 3.75. The number of rotatable bonds is 6. The number of carbonyl (C=O) groups is 1. The number of pyridine rings is 2. The van der Waals surface area contributed by atoms with E-state index in [0.29, 0.717) is 34.8 Å². The third kappa shape index (κ3) is 3.61. The highest BCUT2D eigenvalue weighted by atomic mass is 19.1. The first-order valence-corrected chi connectivity index (χ1v) is 11.5. The van der Waals surface area contributed by atoms with Crippen LogP contribution in [0.3, 0.4) is 0 Å². The maximum Gasteiger partial charge on any atom is 0.227 e. The zero-order valence-corrected chi connectivity index (χ0v) is 18.0. The highest BCUT2D eigenvalue weighted by Gasteiger charge is 2.59. The number of hydrogen-bond acceptors (Lipinski definition) is 4. The maximum atomic E-state index is 13.7. The fourth-order valence-corrected chi connectivity index (χ4v) is 5.59. The van der Waals surface area contributed by atoms with Gasteiger partial charge in [-0.25, -0.2) is 4.39 Å². The van der Waals surface area contributed by atoms with Crippen LogP contribution in [0.1, 0.15) is 44.2 Å². The number of carbonyl (C=O) groups excluding carboxylic acids is 1. The second kappa shape index (κ2) is 7.54. The molecular weight excluding hydrogens is 405 g/mol. The molecule has 2 aromatic heterocycles. The van der Waals surface area contributed by atoms with E-state index in [2.05, 4.69) is 15.3 Å². The molecule has 0 bridgehead atoms. The molecule has 0 saturated heterocycles. The van der Waals surface area contributed by atoms with Crippen LogP contribution in [-0.2, 0) is 4.79 Å². The van der Waals surface area contributed by atoms with Crippen LogP contribution in [0, 0.1) is 29.5 Å². The number of benzene rings is 1. The Morgan fingerprint density at radius 3 is 2.66 bits per heavy atom. The van der Waals surface area contributed by atoms with Gasteiger partial charge in [0, 0.05) is 29.1 Å². The van der Waals surface area contributed by atoms with Crippen LogP contribution >= 0.6 is 0 Å². The third-order valence-electron chi connectivity index (χ3n) is 7.47. The molecule has 164 valence electrons. The normalized spacial score (nSPS) is 27.1. The first kappa shape index (κ1) is 19.6. The molecule has 0 radical (unpaired) electrons. The number of nitrogens with one attached hydrogen (secondary N) is 1. The van der Waals surface area contributed by atoms with Gasteiger partial charge in [0.1, 0.15) is 11.6 Å². The molecule has 1 N–H and O–H groups in total. The fourth-order valence-electron chi connectivity index (χ4n) is 5.59. The molecule has 6 heteroatoms. The molecule has 2 heterocycles. The number of ether oxygens (including phenoxy) is 1. The smallest absolute Gasteiger partial charge is 0.227 e. The zero-order valence-electron chi connectivity index (χ0n) is 18.0. The van der Waals surface area contributed by atoms with E-state index in [4.69, 9.17) is 4.74 Å². The van der Waals surface area contributed by atoms with Crippen molar-refractivity contribution in [2.75, 3.05) is 5.32 Å². The average molecular weight is 432 g/mol. The number of fused-ring (bicyclic) bond motifs is 2. The molecule has 1 aromatic carbocycles. The van der Waals surface area contributed by atoms with Crippen molar-refractivity contribution in [2.45, 2.75) is 44.6 Å². The SMILES string of the molecule is CC(C(=O)Nc1ccc(C2CC2)nc1)[C@@H]1[C@@H]2C[C@@H](Oc3ccnc4ccc(F)cc34)C[C@@H]21. The Balaban J connectivity index is 1.05. The van der Waals surface area contributed by atoms with Crippen molar-refractivity contribution in [3.05, 3.63) is 60.3 Å². The predicted octanol–water partition coefficient (Wildman–Crippen LogP) is 5.32. The Morgan fingerprint density at radius 2 is 1.94 bits per heavy atom. The van der Waals surface area contributed by atoms with Crippen LogP contribution in [0.5, 0.6) is 5.75 Å². The van der Waals surface area contributed by atoms with Gasteiger partial charge in [-0.15, -0.1) is 0 Å². The van der Waals surface area contributed by atoms with Gasteiger partial charge < -0.3 is 10.1 Å². The second-order valence-electron chi connectivity index (χ2n) is 9.61. The van der Waals surface area contributed by atoms with Gasteiger partial charge in [-0.1, -0.05) is 6.92 Å². The third-order valence-corrected chi connectivity index (χ3v) is 7.47. The number of hydrogen-bond donors (Lipinski definition) is 1. The lowest BCUT2D eigenvalue weighted by atomic mass is 9.97. The van der Waals surface area contributed by atoms with E-state index in [1.54, 1.807) is 18.5 Å². The van der Waals surface area contributed by atoms with Gasteiger partial charge in [-0.2, -0.15) is 0 Å². The standard InChI is InChI=1S/C26H26FN3O2/c1-14(26(31)30-17-5-7-22(29-13-17)15-2-3-15)25-19-11-18(12-20(19)25)32-24-8-9-28-23-6-4-16(27)10-21(23)24/h4-10,13-15,18-20,25H,2-3,11-12H2,1H3,(H,30,31)/t14?,18-,19-,20+,25-. The monoisotopic (exact) mass is 431 g/mol. The lowest BCUT2D eigenvalue weighted by Gasteiger charge is -2.20. The van der Waals surface area contributed by atoms with Gasteiger partial charge in [0.15, 0.2) is 0 Å². The Labute approximate surface area is 186 Å². The quantitative estimate of drug-likeness (QED) is 0.573. The van der Waals surface area contributed by atoms with Crippen LogP contribution in [0.25, 0.3) is 10.9 Å². The van der Waals surface area contributed by atoms with Gasteiger partial charge in [0.05, 0.1) is 23.5 Å². The summed E-state index contributed by atoms with van der Waals surface area (Å²) >= 11 is 0. The Bertz CT molecular complexity index is 1170. The van der Waals surface area contributed by atoms with Crippen molar-refractivity contribution in [3.8, 4) is 5.75 Å². The Morgan fingerprint density at radius 1 is 1.12 bits per heavy atom. The minimum Gasteiger partial charge on any atom is -0.490 e. The number of amides is 1. The predicted molar refractivity (Wildman–Crippen MR) is 120 cm³/mol. The first-order valence-electron chi connectivity index (χ1n) is 11.5. The van der Waals surface area contributed by atoms with Crippen molar-refractivity contribution in [2.24, 2.45) is 23.7 Å². The summed E-state index contributed by atoms with van der Waals surface area (Å²) in [4.78, 5) is 21.6. The molecule has 3 fully saturated rings. The van der Waals surface area contributed by atoms with E-state index in [9.17, 15) is 9.18 Å². The van der Waals surface area contributed by atoms with Gasteiger partial charge in [-0.3, -0.25) is 14.8 Å². The fraction of sp³-hybridized carbons (Fsp3) is 0.423. The molecule has 0 spiro atoms. The summed E-state index contributed by atoms with van der Waals surface area (Å²) in [6.07, 6.45) is 7.89. The van der Waals surface area contributed by atoms with Crippen molar-refractivity contribution in [3.63, 3.8) is 0 Å². The van der Waals surface area contributed by atoms with E-state index in [1.165, 1.54) is 25.0 Å². The van der Waals surface area contributed by atoms with Crippen molar-refractivity contribution in [1.82, 2.24) is 9.97 Å². The molecule has 6 rings (SSSR count). The number of nitrogens with zero attached hydrogens (tertiary/aromatic N) is 2. The van der Waals surface area contributed by atoms with Gasteiger partial charge in [0.2, 0.25) is 5.91 Å². The molecular formula is C26H26FN3O2. The van der Waals surface area contributed by atoms with Crippen LogP contribution in [-0.4, -0.2) is 22.0 Å². The molecule has 5 atom stereocenters. The maximum absolute atomic E-state index is 13.7. The zero-order chi connectivity index (χ0) is 21.8. The molecule has 1 unspecified atom stereocenters. The highest BCUT2D eigenvalue weighted by molar-refractivity contribution is 5.92. The summed E-state index contributed by atoms with van der Waals surface area (Å²) < 4.78 is 20.0. The second-order valence-corrected chi connectivity index (χ2v) is 9.61. The summed E-state index contributed by atoms with van der Waals surface area (Å²) in [5.74, 6) is 2.47. The minimum absolute atomic E-state index is 0.0371. The number of halogens is 1. The summed E-state index contributed by atoms with van der Waals surface area (Å²) in [5.41, 5.74) is 2.63. The molecule has 5 nitrogen and oxygen atoms in total. The van der Waals surface area contributed by atoms with E-state index in [-0.39, 0.29) is 23.7 Å². The molecule has 3 aliphatic rings. The van der Waals surface area contributed by atoms with Crippen LogP contribution in [0.2, 0.25) is 0 Å². The summed E-state index contributed by atoms with van der Waals surface area (Å²) in [7, 11) is 0.